The van der Waals surface area contributed by atoms with Gasteiger partial charge in [0.2, 0.25) is 0 Å². The Labute approximate surface area is 248 Å². The summed E-state index contributed by atoms with van der Waals surface area (Å²) in [5, 5.41) is 15.2. The molecule has 0 saturated heterocycles. The molecule has 3 amide bonds. The zero-order chi connectivity index (χ0) is 30.2. The predicted molar refractivity (Wildman–Crippen MR) is 170 cm³/mol. The highest BCUT2D eigenvalue weighted by molar-refractivity contribution is 6.09. The molecule has 4 aromatic carbocycles. The van der Waals surface area contributed by atoms with Gasteiger partial charge in [-0.2, -0.15) is 5.10 Å². The van der Waals surface area contributed by atoms with E-state index in [1.807, 2.05) is 56.0 Å². The van der Waals surface area contributed by atoms with Crippen molar-refractivity contribution in [3.63, 3.8) is 0 Å². The Balaban J connectivity index is 1.25. The highest BCUT2D eigenvalue weighted by Gasteiger charge is 2.18. The van der Waals surface area contributed by atoms with Crippen LogP contribution < -0.4 is 16.0 Å². The Morgan fingerprint density at radius 3 is 2.09 bits per heavy atom. The van der Waals surface area contributed by atoms with Gasteiger partial charge < -0.3 is 20.5 Å². The van der Waals surface area contributed by atoms with Crippen molar-refractivity contribution in [1.82, 2.24) is 19.7 Å². The molecule has 0 saturated carbocycles. The molecule has 0 unspecified atom stereocenters. The molecule has 43 heavy (non-hydrogen) atoms. The van der Waals surface area contributed by atoms with E-state index < -0.39 is 0 Å². The van der Waals surface area contributed by atoms with Crippen LogP contribution in [0.15, 0.2) is 91.0 Å². The van der Waals surface area contributed by atoms with Crippen LogP contribution in [-0.2, 0) is 14.1 Å². The summed E-state index contributed by atoms with van der Waals surface area (Å²) in [6, 6.07) is 27.6. The van der Waals surface area contributed by atoms with Crippen molar-refractivity contribution in [1.29, 1.82) is 0 Å². The van der Waals surface area contributed by atoms with E-state index in [1.54, 1.807) is 49.5 Å². The summed E-state index contributed by atoms with van der Waals surface area (Å²) < 4.78 is 3.94. The van der Waals surface area contributed by atoms with Gasteiger partial charge >= 0.3 is 0 Å². The molecule has 0 atom stereocenters. The molecule has 0 aliphatic heterocycles. The fraction of sp³-hybridized carbons (Fsp3) is 0.118. The van der Waals surface area contributed by atoms with Crippen molar-refractivity contribution in [2.75, 3.05) is 17.7 Å². The third kappa shape index (κ3) is 5.12. The second-order valence-electron chi connectivity index (χ2n) is 10.4. The molecule has 6 aromatic rings. The van der Waals surface area contributed by atoms with E-state index in [0.717, 1.165) is 38.8 Å². The Kier molecular flexibility index (Phi) is 6.99. The van der Waals surface area contributed by atoms with Crippen LogP contribution in [-0.4, -0.2) is 39.1 Å². The lowest BCUT2D eigenvalue weighted by Crippen LogP contribution is -2.18. The molecule has 6 rings (SSSR count). The monoisotopic (exact) mass is 570 g/mol. The van der Waals surface area contributed by atoms with Gasteiger partial charge in [-0.15, -0.1) is 0 Å². The van der Waals surface area contributed by atoms with Gasteiger partial charge in [0.15, 0.2) is 0 Å². The number of hydrogen-bond acceptors (Lipinski definition) is 4. The molecule has 0 aliphatic rings. The van der Waals surface area contributed by atoms with E-state index in [2.05, 4.69) is 38.7 Å². The number of benzene rings is 4. The van der Waals surface area contributed by atoms with Crippen LogP contribution in [0.2, 0.25) is 0 Å². The number of carbonyl (C=O) groups excluding carboxylic acids is 3. The van der Waals surface area contributed by atoms with Crippen LogP contribution >= 0.6 is 0 Å². The topological polar surface area (TPSA) is 110 Å². The maximum Gasteiger partial charge on any atom is 0.255 e. The number of hydrogen-bond donors (Lipinski definition) is 3. The molecule has 2 aromatic heterocycles. The van der Waals surface area contributed by atoms with Crippen molar-refractivity contribution in [2.45, 2.75) is 6.92 Å². The van der Waals surface area contributed by atoms with Gasteiger partial charge in [0, 0.05) is 65.5 Å². The minimum atomic E-state index is -0.321. The SMILES string of the molecule is CNC(=O)c1ccc(C(=O)Nc2cc(NC(=O)c3ccc4c(c3)c(-c3cc5ccccc5n3C)nn4C)ccc2C)cc1. The lowest BCUT2D eigenvalue weighted by Gasteiger charge is -2.12. The normalized spacial score (nSPS) is 11.1. The first-order valence-corrected chi connectivity index (χ1v) is 13.8. The maximum atomic E-state index is 13.4. The van der Waals surface area contributed by atoms with Gasteiger partial charge in [0.1, 0.15) is 5.69 Å². The molecule has 0 fully saturated rings. The van der Waals surface area contributed by atoms with E-state index in [1.165, 1.54) is 0 Å². The minimum Gasteiger partial charge on any atom is -0.355 e. The summed E-state index contributed by atoms with van der Waals surface area (Å²) in [5.41, 5.74) is 7.10. The average molecular weight is 571 g/mol. The Hall–Kier alpha value is -5.70. The van der Waals surface area contributed by atoms with Crippen LogP contribution in [0.3, 0.4) is 0 Å². The largest absolute Gasteiger partial charge is 0.355 e. The summed E-state index contributed by atoms with van der Waals surface area (Å²) in [4.78, 5) is 38.1. The number of carbonyl (C=O) groups is 3. The van der Waals surface area contributed by atoms with Crippen molar-refractivity contribution in [3.8, 4) is 11.4 Å². The molecule has 3 N–H and O–H groups in total. The van der Waals surface area contributed by atoms with Gasteiger partial charge in [-0.05, 0) is 79.2 Å². The van der Waals surface area contributed by atoms with Gasteiger partial charge in [-0.3, -0.25) is 19.1 Å². The summed E-state index contributed by atoms with van der Waals surface area (Å²) in [7, 11) is 5.47. The second-order valence-corrected chi connectivity index (χ2v) is 10.4. The number of anilines is 2. The van der Waals surface area contributed by atoms with Crippen LogP contribution in [0.1, 0.15) is 36.6 Å². The molecule has 0 aliphatic carbocycles. The quantitative estimate of drug-likeness (QED) is 0.231. The van der Waals surface area contributed by atoms with Crippen molar-refractivity contribution in [3.05, 3.63) is 113 Å². The molecular formula is C34H30N6O3. The van der Waals surface area contributed by atoms with E-state index >= 15 is 0 Å². The lowest BCUT2D eigenvalue weighted by molar-refractivity contribution is 0.0960. The van der Waals surface area contributed by atoms with Gasteiger partial charge in [0.25, 0.3) is 17.7 Å². The zero-order valence-corrected chi connectivity index (χ0v) is 24.2. The first kappa shape index (κ1) is 27.5. The number of nitrogens with one attached hydrogen (secondary N) is 3. The first-order chi connectivity index (χ1) is 20.7. The molecule has 9 heteroatoms. The fourth-order valence-corrected chi connectivity index (χ4v) is 5.26. The Morgan fingerprint density at radius 2 is 1.37 bits per heavy atom. The van der Waals surface area contributed by atoms with Crippen molar-refractivity contribution < 1.29 is 14.4 Å². The number of amides is 3. The maximum absolute atomic E-state index is 13.4. The lowest BCUT2D eigenvalue weighted by atomic mass is 10.1. The molecule has 9 nitrogen and oxygen atoms in total. The van der Waals surface area contributed by atoms with E-state index in [-0.39, 0.29) is 17.7 Å². The molecule has 0 spiro atoms. The first-order valence-electron chi connectivity index (χ1n) is 13.8. The average Bonchev–Trinajstić information content (AvgIpc) is 3.53. The van der Waals surface area contributed by atoms with E-state index in [4.69, 9.17) is 5.10 Å². The number of nitrogens with zero attached hydrogens (tertiary/aromatic N) is 3. The highest BCUT2D eigenvalue weighted by Crippen LogP contribution is 2.32. The second kappa shape index (κ2) is 10.9. The summed E-state index contributed by atoms with van der Waals surface area (Å²) >= 11 is 0. The molecule has 214 valence electrons. The fourth-order valence-electron chi connectivity index (χ4n) is 5.26. The van der Waals surface area contributed by atoms with Crippen molar-refractivity contribution >= 4 is 50.9 Å². The number of rotatable bonds is 6. The predicted octanol–water partition coefficient (Wildman–Crippen LogP) is 5.90. The van der Waals surface area contributed by atoms with E-state index in [9.17, 15) is 14.4 Å². The number of para-hydroxylation sites is 1. The van der Waals surface area contributed by atoms with Crippen molar-refractivity contribution in [2.24, 2.45) is 14.1 Å². The van der Waals surface area contributed by atoms with Gasteiger partial charge in [0.05, 0.1) is 11.2 Å². The summed E-state index contributed by atoms with van der Waals surface area (Å²) in [5.74, 6) is -0.823. The zero-order valence-electron chi connectivity index (χ0n) is 24.2. The van der Waals surface area contributed by atoms with Gasteiger partial charge in [-0.25, -0.2) is 0 Å². The Morgan fingerprint density at radius 1 is 0.698 bits per heavy atom. The smallest absolute Gasteiger partial charge is 0.255 e. The van der Waals surface area contributed by atoms with Crippen LogP contribution in [0, 0.1) is 6.92 Å². The van der Waals surface area contributed by atoms with Crippen LogP contribution in [0.4, 0.5) is 11.4 Å². The standard InChI is InChI=1S/C34H30N6O3/c1-20-9-15-25(19-27(20)37-33(42)22-12-10-21(11-13-22)32(41)35-2)36-34(43)24-14-16-29-26(17-24)31(38-40(29)4)30-18-23-7-5-6-8-28(23)39(30)3/h5-19H,1-4H3,(H,35,41)(H,36,43)(H,37,42). The highest BCUT2D eigenvalue weighted by atomic mass is 16.2. The molecular weight excluding hydrogens is 540 g/mol. The summed E-state index contributed by atoms with van der Waals surface area (Å²) in [6.07, 6.45) is 0. The number of aryl methyl sites for hydroxylation is 3. The van der Waals surface area contributed by atoms with Gasteiger partial charge in [-0.1, -0.05) is 24.3 Å². The van der Waals surface area contributed by atoms with E-state index in [0.29, 0.717) is 28.1 Å². The molecule has 0 bridgehead atoms. The molecule has 2 heterocycles. The number of aromatic nitrogens is 3. The minimum absolute atomic E-state index is 0.223. The molecule has 0 radical (unpaired) electrons. The van der Waals surface area contributed by atoms with Crippen LogP contribution in [0.5, 0.6) is 0 Å². The van der Waals surface area contributed by atoms with Crippen LogP contribution in [0.25, 0.3) is 33.2 Å². The Bertz CT molecular complexity index is 2050. The third-order valence-electron chi connectivity index (χ3n) is 7.69. The third-order valence-corrected chi connectivity index (χ3v) is 7.69. The summed E-state index contributed by atoms with van der Waals surface area (Å²) in [6.45, 7) is 1.88. The number of fused-ring (bicyclic) bond motifs is 2.